The minimum atomic E-state index is -0.140. The Morgan fingerprint density at radius 1 is 1.21 bits per heavy atom. The Morgan fingerprint density at radius 2 is 1.97 bits per heavy atom. The number of aliphatic imine (C=N–C) groups is 1. The Labute approximate surface area is 175 Å². The van der Waals surface area contributed by atoms with Gasteiger partial charge in [-0.2, -0.15) is 5.10 Å². The summed E-state index contributed by atoms with van der Waals surface area (Å²) in [4.78, 5) is 18.4. The van der Waals surface area contributed by atoms with Gasteiger partial charge in [-0.05, 0) is 78.6 Å². The molecular weight excluding hydrogens is 366 g/mol. The van der Waals surface area contributed by atoms with Crippen molar-refractivity contribution in [2.24, 2.45) is 16.6 Å². The minimum Gasteiger partial charge on any atom is -0.369 e. The molecule has 1 aliphatic rings. The lowest BCUT2D eigenvalue weighted by Gasteiger charge is -2.30. The molecule has 1 saturated heterocycles. The maximum absolute atomic E-state index is 11.2. The number of piperidine rings is 1. The van der Waals surface area contributed by atoms with E-state index in [1.54, 1.807) is 0 Å². The zero-order valence-corrected chi connectivity index (χ0v) is 18.4. The first-order chi connectivity index (χ1) is 14.0. The number of hydrogen-bond acceptors (Lipinski definition) is 4. The fourth-order valence-corrected chi connectivity index (χ4v) is 3.76. The highest BCUT2D eigenvalue weighted by Crippen LogP contribution is 2.16. The van der Waals surface area contributed by atoms with Crippen LogP contribution in [0.4, 0.5) is 0 Å². The second-order valence-corrected chi connectivity index (χ2v) is 7.92. The summed E-state index contributed by atoms with van der Waals surface area (Å²) in [7, 11) is 0. The molecule has 1 aromatic rings. The van der Waals surface area contributed by atoms with Gasteiger partial charge >= 0.3 is 0 Å². The number of unbranched alkanes of at least 4 members (excludes halogenated alkanes) is 1. The van der Waals surface area contributed by atoms with Crippen LogP contribution in [0.3, 0.4) is 0 Å². The lowest BCUT2D eigenvalue weighted by Crippen LogP contribution is -2.39. The number of aromatic nitrogens is 2. The number of nitrogens with zero attached hydrogens (tertiary/aromatic N) is 4. The first-order valence-corrected chi connectivity index (χ1v) is 11.0. The molecule has 8 nitrogen and oxygen atoms in total. The SMILES string of the molecule is CCNC(=NCCCn1nc(C)cc1C)NCCCCN1CCC(C(N)=O)CC1. The number of carbonyl (C=O) groups is 1. The van der Waals surface area contributed by atoms with Crippen LogP contribution in [0.25, 0.3) is 0 Å². The van der Waals surface area contributed by atoms with Crippen molar-refractivity contribution in [2.75, 3.05) is 39.3 Å². The number of carbonyl (C=O) groups excluding carboxylic acids is 1. The lowest BCUT2D eigenvalue weighted by atomic mass is 9.96. The number of primary amides is 1. The summed E-state index contributed by atoms with van der Waals surface area (Å²) in [5, 5.41) is 11.2. The number of hydrogen-bond donors (Lipinski definition) is 3. The second-order valence-electron chi connectivity index (χ2n) is 7.92. The molecule has 8 heteroatoms. The van der Waals surface area contributed by atoms with Gasteiger partial charge in [0.15, 0.2) is 5.96 Å². The monoisotopic (exact) mass is 405 g/mol. The number of likely N-dealkylation sites (tertiary alicyclic amines) is 1. The van der Waals surface area contributed by atoms with Gasteiger partial charge in [0.1, 0.15) is 0 Å². The van der Waals surface area contributed by atoms with Gasteiger partial charge in [-0.15, -0.1) is 0 Å². The lowest BCUT2D eigenvalue weighted by molar-refractivity contribution is -0.123. The standard InChI is InChI=1S/C21H39N7O/c1-4-23-21(25-11-7-13-28-18(3)16-17(2)26-28)24-10-5-6-12-27-14-8-19(9-15-27)20(22)29/h16,19H,4-15H2,1-3H3,(H2,22,29)(H2,23,24,25). The molecule has 0 spiro atoms. The Bertz CT molecular complexity index is 647. The summed E-state index contributed by atoms with van der Waals surface area (Å²) in [5.41, 5.74) is 7.67. The van der Waals surface area contributed by atoms with E-state index in [0.717, 1.165) is 89.6 Å². The van der Waals surface area contributed by atoms with Crippen LogP contribution in [-0.4, -0.2) is 65.8 Å². The van der Waals surface area contributed by atoms with Crippen molar-refractivity contribution < 1.29 is 4.79 Å². The van der Waals surface area contributed by atoms with Gasteiger partial charge in [-0.1, -0.05) is 0 Å². The van der Waals surface area contributed by atoms with Crippen molar-refractivity contribution >= 4 is 11.9 Å². The van der Waals surface area contributed by atoms with Crippen molar-refractivity contribution in [1.82, 2.24) is 25.3 Å². The summed E-state index contributed by atoms with van der Waals surface area (Å²) in [5.74, 6) is 0.829. The molecule has 0 aliphatic carbocycles. The molecule has 2 heterocycles. The van der Waals surface area contributed by atoms with Crippen LogP contribution in [0.5, 0.6) is 0 Å². The second kappa shape index (κ2) is 12.5. The van der Waals surface area contributed by atoms with Crippen LogP contribution in [0.2, 0.25) is 0 Å². The highest BCUT2D eigenvalue weighted by molar-refractivity contribution is 5.79. The Morgan fingerprint density at radius 3 is 2.59 bits per heavy atom. The van der Waals surface area contributed by atoms with E-state index in [0.29, 0.717) is 0 Å². The third-order valence-corrected chi connectivity index (χ3v) is 5.43. The average molecular weight is 406 g/mol. The van der Waals surface area contributed by atoms with Crippen molar-refractivity contribution in [3.8, 4) is 0 Å². The topological polar surface area (TPSA) is 101 Å². The van der Waals surface area contributed by atoms with E-state index in [9.17, 15) is 4.79 Å². The summed E-state index contributed by atoms with van der Waals surface area (Å²) >= 11 is 0. The molecule has 1 fully saturated rings. The Hall–Kier alpha value is -2.09. The maximum atomic E-state index is 11.2. The van der Waals surface area contributed by atoms with E-state index in [4.69, 9.17) is 5.73 Å². The molecule has 0 atom stereocenters. The summed E-state index contributed by atoms with van der Waals surface area (Å²) < 4.78 is 2.05. The molecule has 0 aromatic carbocycles. The fraction of sp³-hybridized carbons (Fsp3) is 0.762. The molecule has 0 unspecified atom stereocenters. The zero-order valence-electron chi connectivity index (χ0n) is 18.4. The highest BCUT2D eigenvalue weighted by atomic mass is 16.1. The van der Waals surface area contributed by atoms with Gasteiger partial charge in [0.25, 0.3) is 0 Å². The zero-order chi connectivity index (χ0) is 21.1. The van der Waals surface area contributed by atoms with E-state index in [1.807, 2.05) is 6.92 Å². The van der Waals surface area contributed by atoms with E-state index < -0.39 is 0 Å². The van der Waals surface area contributed by atoms with Gasteiger partial charge in [0, 0.05) is 37.8 Å². The summed E-state index contributed by atoms with van der Waals surface area (Å²) in [6.45, 7) is 12.7. The smallest absolute Gasteiger partial charge is 0.220 e. The number of rotatable bonds is 11. The molecule has 0 radical (unpaired) electrons. The number of guanidine groups is 1. The van der Waals surface area contributed by atoms with Crippen molar-refractivity contribution in [3.63, 3.8) is 0 Å². The molecule has 2 rings (SSSR count). The first kappa shape index (κ1) is 23.2. The molecule has 0 saturated carbocycles. The Balaban J connectivity index is 1.59. The summed E-state index contributed by atoms with van der Waals surface area (Å²) in [6.07, 6.45) is 5.03. The fourth-order valence-electron chi connectivity index (χ4n) is 3.76. The number of nitrogens with one attached hydrogen (secondary N) is 2. The van der Waals surface area contributed by atoms with E-state index >= 15 is 0 Å². The first-order valence-electron chi connectivity index (χ1n) is 11.0. The molecule has 164 valence electrons. The highest BCUT2D eigenvalue weighted by Gasteiger charge is 2.22. The minimum absolute atomic E-state index is 0.0769. The third kappa shape index (κ3) is 8.43. The van der Waals surface area contributed by atoms with E-state index in [2.05, 4.69) is 50.2 Å². The molecule has 4 N–H and O–H groups in total. The van der Waals surface area contributed by atoms with E-state index in [1.165, 1.54) is 5.69 Å². The largest absolute Gasteiger partial charge is 0.369 e. The van der Waals surface area contributed by atoms with Crippen LogP contribution in [-0.2, 0) is 11.3 Å². The number of nitrogens with two attached hydrogens (primary N) is 1. The quantitative estimate of drug-likeness (QED) is 0.294. The Kier molecular flexibility index (Phi) is 9.97. The van der Waals surface area contributed by atoms with Crippen LogP contribution in [0, 0.1) is 19.8 Å². The average Bonchev–Trinajstić information content (AvgIpc) is 3.02. The molecule has 1 aromatic heterocycles. The normalized spacial score (nSPS) is 16.2. The van der Waals surface area contributed by atoms with Crippen LogP contribution >= 0.6 is 0 Å². The van der Waals surface area contributed by atoms with Crippen LogP contribution in [0.1, 0.15) is 50.4 Å². The molecule has 1 amide bonds. The predicted octanol–water partition coefficient (Wildman–Crippen LogP) is 1.42. The third-order valence-electron chi connectivity index (χ3n) is 5.43. The van der Waals surface area contributed by atoms with Gasteiger partial charge in [-0.25, -0.2) is 0 Å². The molecule has 29 heavy (non-hydrogen) atoms. The van der Waals surface area contributed by atoms with Crippen LogP contribution in [0.15, 0.2) is 11.1 Å². The van der Waals surface area contributed by atoms with E-state index in [-0.39, 0.29) is 11.8 Å². The van der Waals surface area contributed by atoms with Crippen molar-refractivity contribution in [3.05, 3.63) is 17.5 Å². The van der Waals surface area contributed by atoms with Gasteiger partial charge in [0.05, 0.1) is 5.69 Å². The predicted molar refractivity (Wildman–Crippen MR) is 118 cm³/mol. The number of amides is 1. The van der Waals surface area contributed by atoms with Gasteiger partial charge in [-0.3, -0.25) is 14.5 Å². The summed E-state index contributed by atoms with van der Waals surface area (Å²) in [6, 6.07) is 2.11. The number of aryl methyl sites for hydroxylation is 3. The van der Waals surface area contributed by atoms with Crippen molar-refractivity contribution in [2.45, 2.75) is 59.4 Å². The van der Waals surface area contributed by atoms with Crippen molar-refractivity contribution in [1.29, 1.82) is 0 Å². The van der Waals surface area contributed by atoms with Gasteiger partial charge in [0.2, 0.25) is 5.91 Å². The molecule has 0 bridgehead atoms. The maximum Gasteiger partial charge on any atom is 0.220 e. The van der Waals surface area contributed by atoms with Gasteiger partial charge < -0.3 is 21.3 Å². The van der Waals surface area contributed by atoms with Crippen LogP contribution < -0.4 is 16.4 Å². The molecular formula is C21H39N7O. The molecule has 1 aliphatic heterocycles.